The maximum Gasteiger partial charge on any atom is 0.339 e. The summed E-state index contributed by atoms with van der Waals surface area (Å²) < 4.78 is 10.4. The van der Waals surface area contributed by atoms with Gasteiger partial charge in [-0.15, -0.1) is 0 Å². The number of pyridine rings is 1. The largest absolute Gasteiger partial charge is 0.503 e. The van der Waals surface area contributed by atoms with E-state index in [1.165, 1.54) is 13.3 Å². The predicted octanol–water partition coefficient (Wildman–Crippen LogP) is 4.25. The average Bonchev–Trinajstić information content (AvgIpc) is 2.44. The van der Waals surface area contributed by atoms with Crippen LogP contribution in [0.3, 0.4) is 0 Å². The van der Waals surface area contributed by atoms with Gasteiger partial charge in [0, 0.05) is 16.2 Å². The lowest BCUT2D eigenvalue weighted by Gasteiger charge is -2.10. The molecule has 114 valence electrons. The van der Waals surface area contributed by atoms with Crippen LogP contribution in [0.5, 0.6) is 11.6 Å². The van der Waals surface area contributed by atoms with Crippen molar-refractivity contribution in [2.75, 3.05) is 7.11 Å². The maximum atomic E-state index is 11.3. The Kier molecular flexibility index (Phi) is 5.25. The van der Waals surface area contributed by atoms with Gasteiger partial charge in [-0.2, -0.15) is 0 Å². The molecule has 2 rings (SSSR count). The molecule has 5 nitrogen and oxygen atoms in total. The smallest absolute Gasteiger partial charge is 0.339 e. The minimum absolute atomic E-state index is 0.0845. The van der Waals surface area contributed by atoms with Crippen molar-refractivity contribution in [3.63, 3.8) is 0 Å². The lowest BCUT2D eigenvalue weighted by Crippen LogP contribution is -2.03. The summed E-state index contributed by atoms with van der Waals surface area (Å²) in [6, 6.07) is 7.81. The van der Waals surface area contributed by atoms with E-state index in [-0.39, 0.29) is 17.0 Å². The molecule has 0 radical (unpaired) electrons. The Morgan fingerprint density at radius 1 is 1.27 bits per heavy atom. The van der Waals surface area contributed by atoms with Crippen molar-refractivity contribution in [3.05, 3.63) is 58.4 Å². The van der Waals surface area contributed by atoms with Gasteiger partial charge in [-0.1, -0.05) is 23.2 Å². The monoisotopic (exact) mass is 339 g/mol. The average molecular weight is 340 g/mol. The van der Waals surface area contributed by atoms with Crippen molar-refractivity contribution in [3.8, 4) is 11.6 Å². The van der Waals surface area contributed by atoms with E-state index in [1.54, 1.807) is 30.3 Å². The van der Waals surface area contributed by atoms with Crippen LogP contribution in [0.2, 0.25) is 10.0 Å². The molecular formula is C15H11Cl2NO4. The first kappa shape index (κ1) is 16.1. The molecule has 0 atom stereocenters. The van der Waals surface area contributed by atoms with Gasteiger partial charge in [0.2, 0.25) is 5.88 Å². The van der Waals surface area contributed by atoms with E-state index in [0.717, 1.165) is 6.26 Å². The molecule has 0 spiro atoms. The van der Waals surface area contributed by atoms with Gasteiger partial charge in [-0.3, -0.25) is 0 Å². The Morgan fingerprint density at radius 2 is 1.95 bits per heavy atom. The van der Waals surface area contributed by atoms with Crippen molar-refractivity contribution in [1.82, 2.24) is 4.98 Å². The molecule has 0 saturated carbocycles. The molecule has 0 aliphatic rings. The van der Waals surface area contributed by atoms with E-state index >= 15 is 0 Å². The molecule has 22 heavy (non-hydrogen) atoms. The summed E-state index contributed by atoms with van der Waals surface area (Å²) in [6.45, 7) is 0. The highest BCUT2D eigenvalue weighted by Crippen LogP contribution is 2.31. The van der Waals surface area contributed by atoms with E-state index in [1.807, 2.05) is 0 Å². The van der Waals surface area contributed by atoms with Crippen LogP contribution in [0.4, 0.5) is 0 Å². The van der Waals surface area contributed by atoms with E-state index in [2.05, 4.69) is 4.98 Å². The van der Waals surface area contributed by atoms with Gasteiger partial charge in [0.25, 0.3) is 0 Å². The number of ether oxygens (including phenoxy) is 2. The number of nitrogens with zero attached hydrogens (tertiary/aromatic N) is 1. The summed E-state index contributed by atoms with van der Waals surface area (Å²) in [6.07, 6.45) is 2.59. The Hall–Kier alpha value is -2.24. The zero-order chi connectivity index (χ0) is 16.1. The molecule has 1 aromatic carbocycles. The quantitative estimate of drug-likeness (QED) is 0.651. The summed E-state index contributed by atoms with van der Waals surface area (Å²) in [5.41, 5.74) is 0.187. The van der Waals surface area contributed by atoms with Crippen molar-refractivity contribution >= 4 is 34.7 Å². The number of methoxy groups -OCH3 is 1. The van der Waals surface area contributed by atoms with Crippen LogP contribution in [0, 0.1) is 0 Å². The van der Waals surface area contributed by atoms with E-state index < -0.39 is 5.97 Å². The van der Waals surface area contributed by atoms with Gasteiger partial charge in [0.05, 0.1) is 18.9 Å². The number of aliphatic carboxylic acids is 1. The topological polar surface area (TPSA) is 68.7 Å². The SMILES string of the molecule is COC=C(C(=O)O)c1cccnc1Oc1cc(Cl)cc(Cl)c1. The number of hydrogen-bond donors (Lipinski definition) is 1. The molecule has 1 heterocycles. The molecule has 0 bridgehead atoms. The molecule has 0 aliphatic heterocycles. The molecule has 1 aromatic heterocycles. The van der Waals surface area contributed by atoms with E-state index in [4.69, 9.17) is 32.7 Å². The van der Waals surface area contributed by atoms with Gasteiger partial charge >= 0.3 is 5.97 Å². The Bertz CT molecular complexity index is 711. The van der Waals surface area contributed by atoms with Crippen molar-refractivity contribution in [2.45, 2.75) is 0 Å². The second-order valence-electron chi connectivity index (χ2n) is 4.14. The van der Waals surface area contributed by atoms with Gasteiger partial charge in [-0.05, 0) is 30.3 Å². The molecule has 0 fully saturated rings. The van der Waals surface area contributed by atoms with Crippen LogP contribution in [0.25, 0.3) is 5.57 Å². The van der Waals surface area contributed by atoms with Crippen molar-refractivity contribution in [1.29, 1.82) is 0 Å². The molecule has 2 aromatic rings. The second-order valence-corrected chi connectivity index (χ2v) is 5.01. The first-order valence-electron chi connectivity index (χ1n) is 6.07. The third-order valence-electron chi connectivity index (χ3n) is 2.58. The van der Waals surface area contributed by atoms with Crippen LogP contribution in [-0.4, -0.2) is 23.2 Å². The summed E-state index contributed by atoms with van der Waals surface area (Å²) in [7, 11) is 1.36. The molecule has 0 unspecified atom stereocenters. The number of carboxylic acids is 1. The molecular weight excluding hydrogens is 329 g/mol. The highest BCUT2D eigenvalue weighted by Gasteiger charge is 2.17. The third-order valence-corrected chi connectivity index (χ3v) is 3.01. The number of hydrogen-bond acceptors (Lipinski definition) is 4. The second kappa shape index (κ2) is 7.15. The summed E-state index contributed by atoms with van der Waals surface area (Å²) in [5.74, 6) is -0.713. The first-order chi connectivity index (χ1) is 10.5. The zero-order valence-electron chi connectivity index (χ0n) is 11.4. The summed E-state index contributed by atoms with van der Waals surface area (Å²) in [5, 5.41) is 10.1. The van der Waals surface area contributed by atoms with E-state index in [9.17, 15) is 9.90 Å². The first-order valence-corrected chi connectivity index (χ1v) is 6.82. The fraction of sp³-hybridized carbons (Fsp3) is 0.0667. The highest BCUT2D eigenvalue weighted by molar-refractivity contribution is 6.34. The van der Waals surface area contributed by atoms with Crippen LogP contribution < -0.4 is 4.74 Å². The van der Waals surface area contributed by atoms with Gasteiger partial charge in [0.1, 0.15) is 11.3 Å². The number of benzene rings is 1. The number of halogens is 2. The summed E-state index contributed by atoms with van der Waals surface area (Å²) >= 11 is 11.8. The molecule has 1 N–H and O–H groups in total. The lowest BCUT2D eigenvalue weighted by atomic mass is 10.1. The van der Waals surface area contributed by atoms with Gasteiger partial charge in [0.15, 0.2) is 0 Å². The predicted molar refractivity (Wildman–Crippen MR) is 83.4 cm³/mol. The Balaban J connectivity index is 2.44. The lowest BCUT2D eigenvalue weighted by molar-refractivity contribution is -0.130. The Labute approximate surface area is 136 Å². The number of carbonyl (C=O) groups is 1. The number of rotatable bonds is 5. The maximum absolute atomic E-state index is 11.3. The minimum atomic E-state index is -1.16. The molecule has 7 heteroatoms. The van der Waals surface area contributed by atoms with E-state index in [0.29, 0.717) is 15.8 Å². The highest BCUT2D eigenvalue weighted by atomic mass is 35.5. The van der Waals surface area contributed by atoms with Gasteiger partial charge < -0.3 is 14.6 Å². The fourth-order valence-corrected chi connectivity index (χ4v) is 2.23. The molecule has 0 aliphatic carbocycles. The number of aromatic nitrogens is 1. The Morgan fingerprint density at radius 3 is 2.55 bits per heavy atom. The van der Waals surface area contributed by atoms with Crippen molar-refractivity contribution < 1.29 is 19.4 Å². The normalized spacial score (nSPS) is 11.1. The molecule has 0 saturated heterocycles. The third kappa shape index (κ3) is 3.90. The summed E-state index contributed by atoms with van der Waals surface area (Å²) in [4.78, 5) is 15.4. The van der Waals surface area contributed by atoms with Crippen LogP contribution in [-0.2, 0) is 9.53 Å². The fourth-order valence-electron chi connectivity index (χ4n) is 1.72. The minimum Gasteiger partial charge on any atom is -0.503 e. The van der Waals surface area contributed by atoms with Gasteiger partial charge in [-0.25, -0.2) is 9.78 Å². The van der Waals surface area contributed by atoms with Crippen LogP contribution >= 0.6 is 23.2 Å². The van der Waals surface area contributed by atoms with Crippen LogP contribution in [0.1, 0.15) is 5.56 Å². The van der Waals surface area contributed by atoms with Crippen molar-refractivity contribution in [2.24, 2.45) is 0 Å². The molecule has 0 amide bonds. The standard InChI is InChI=1S/C15H11Cl2NO4/c1-21-8-13(15(19)20)12-3-2-4-18-14(12)22-11-6-9(16)5-10(17)7-11/h2-8H,1H3,(H,19,20). The zero-order valence-corrected chi connectivity index (χ0v) is 12.9. The number of carboxylic acid groups (broad SMARTS) is 1. The van der Waals surface area contributed by atoms with Crippen LogP contribution in [0.15, 0.2) is 42.8 Å².